The molecule has 3 nitrogen and oxygen atoms in total. The second kappa shape index (κ2) is 7.99. The molecule has 0 fully saturated rings. The molecule has 0 radical (unpaired) electrons. The van der Waals surface area contributed by atoms with Gasteiger partial charge in [-0.15, -0.1) is 0 Å². The lowest BCUT2D eigenvalue weighted by atomic mass is 9.95. The molecule has 1 rings (SSSR count). The summed E-state index contributed by atoms with van der Waals surface area (Å²) in [7, 11) is 0. The highest BCUT2D eigenvalue weighted by molar-refractivity contribution is 5.92. The van der Waals surface area contributed by atoms with Crippen molar-refractivity contribution >= 4 is 12.0 Å². The summed E-state index contributed by atoms with van der Waals surface area (Å²) < 4.78 is 0. The Bertz CT molecular complexity index is 476. The topological polar surface area (TPSA) is 49.3 Å². The van der Waals surface area contributed by atoms with E-state index in [-0.39, 0.29) is 18.1 Å². The van der Waals surface area contributed by atoms with Crippen molar-refractivity contribution in [1.82, 2.24) is 5.32 Å². The van der Waals surface area contributed by atoms with Crippen LogP contribution in [0.3, 0.4) is 0 Å². The van der Waals surface area contributed by atoms with Crippen LogP contribution in [0.15, 0.2) is 30.3 Å². The number of carbonyl (C=O) groups is 1. The minimum Gasteiger partial charge on any atom is -0.396 e. The first-order chi connectivity index (χ1) is 9.90. The van der Waals surface area contributed by atoms with Gasteiger partial charge in [-0.05, 0) is 42.9 Å². The first kappa shape index (κ1) is 17.4. The monoisotopic (exact) mass is 289 g/mol. The summed E-state index contributed by atoms with van der Waals surface area (Å²) in [5.41, 5.74) is 1.95. The standard InChI is InChI=1S/C18H27NO2/c1-5-18(4,12-13-20)19-17(21)11-8-15-6-9-16(10-7-15)14(2)3/h6-11,14,20H,5,12-13H2,1-4H3,(H,19,21)/b11-8+. The lowest BCUT2D eigenvalue weighted by molar-refractivity contribution is -0.118. The maximum atomic E-state index is 12.0. The average Bonchev–Trinajstić information content (AvgIpc) is 2.45. The number of amides is 1. The number of aliphatic hydroxyl groups excluding tert-OH is 1. The van der Waals surface area contributed by atoms with E-state index in [0.29, 0.717) is 12.3 Å². The molecule has 0 bridgehead atoms. The Kier molecular flexibility index (Phi) is 6.63. The third-order valence-electron chi connectivity index (χ3n) is 3.90. The van der Waals surface area contributed by atoms with Crippen LogP contribution in [0.4, 0.5) is 0 Å². The van der Waals surface area contributed by atoms with Crippen molar-refractivity contribution in [2.24, 2.45) is 0 Å². The van der Waals surface area contributed by atoms with E-state index in [4.69, 9.17) is 5.11 Å². The van der Waals surface area contributed by atoms with Crippen LogP contribution < -0.4 is 5.32 Å². The molecule has 1 unspecified atom stereocenters. The molecule has 3 heteroatoms. The van der Waals surface area contributed by atoms with Crippen molar-refractivity contribution in [3.63, 3.8) is 0 Å². The summed E-state index contributed by atoms with van der Waals surface area (Å²) in [6.45, 7) is 8.34. The molecule has 21 heavy (non-hydrogen) atoms. The van der Waals surface area contributed by atoms with Crippen molar-refractivity contribution in [3.05, 3.63) is 41.5 Å². The molecule has 2 N–H and O–H groups in total. The van der Waals surface area contributed by atoms with Gasteiger partial charge in [0, 0.05) is 18.2 Å². The van der Waals surface area contributed by atoms with Crippen LogP contribution in [0.1, 0.15) is 57.6 Å². The molecule has 0 aliphatic rings. The predicted molar refractivity (Wildman–Crippen MR) is 88.1 cm³/mol. The number of nitrogens with one attached hydrogen (secondary N) is 1. The molecule has 1 aromatic carbocycles. The number of hydrogen-bond donors (Lipinski definition) is 2. The molecule has 0 aliphatic heterocycles. The Morgan fingerprint density at radius 2 is 1.95 bits per heavy atom. The zero-order chi connectivity index (χ0) is 15.9. The minimum absolute atomic E-state index is 0.0744. The summed E-state index contributed by atoms with van der Waals surface area (Å²) in [5, 5.41) is 12.0. The first-order valence-electron chi connectivity index (χ1n) is 7.61. The Morgan fingerprint density at radius 1 is 1.33 bits per heavy atom. The zero-order valence-corrected chi connectivity index (χ0v) is 13.5. The summed E-state index contributed by atoms with van der Waals surface area (Å²) in [6, 6.07) is 8.21. The van der Waals surface area contributed by atoms with Crippen LogP contribution in [-0.2, 0) is 4.79 Å². The van der Waals surface area contributed by atoms with Gasteiger partial charge < -0.3 is 10.4 Å². The van der Waals surface area contributed by atoms with Gasteiger partial charge in [-0.2, -0.15) is 0 Å². The number of aliphatic hydroxyl groups is 1. The zero-order valence-electron chi connectivity index (χ0n) is 13.5. The van der Waals surface area contributed by atoms with Crippen molar-refractivity contribution in [2.75, 3.05) is 6.61 Å². The van der Waals surface area contributed by atoms with Crippen molar-refractivity contribution in [3.8, 4) is 0 Å². The molecule has 0 aromatic heterocycles. The van der Waals surface area contributed by atoms with Crippen LogP contribution in [0.5, 0.6) is 0 Å². The molecule has 0 saturated carbocycles. The van der Waals surface area contributed by atoms with Crippen molar-refractivity contribution in [2.45, 2.75) is 52.0 Å². The Labute approximate surface area is 128 Å². The normalized spacial score (nSPS) is 14.4. The molecule has 116 valence electrons. The number of rotatable bonds is 7. The Morgan fingerprint density at radius 3 is 2.43 bits per heavy atom. The van der Waals surface area contributed by atoms with E-state index in [2.05, 4.69) is 31.3 Å². The highest BCUT2D eigenvalue weighted by Gasteiger charge is 2.22. The fourth-order valence-electron chi connectivity index (χ4n) is 2.08. The van der Waals surface area contributed by atoms with Gasteiger partial charge in [-0.25, -0.2) is 0 Å². The van der Waals surface area contributed by atoms with Gasteiger partial charge in [0.25, 0.3) is 0 Å². The van der Waals surface area contributed by atoms with Gasteiger partial charge in [0.05, 0.1) is 0 Å². The largest absolute Gasteiger partial charge is 0.396 e. The fourth-order valence-corrected chi connectivity index (χ4v) is 2.08. The quantitative estimate of drug-likeness (QED) is 0.755. The Balaban J connectivity index is 2.65. The van der Waals surface area contributed by atoms with Gasteiger partial charge >= 0.3 is 0 Å². The van der Waals surface area contributed by atoms with Crippen molar-refractivity contribution in [1.29, 1.82) is 0 Å². The lowest BCUT2D eigenvalue weighted by Crippen LogP contribution is -2.45. The molecular formula is C18H27NO2. The molecule has 0 aliphatic carbocycles. The van der Waals surface area contributed by atoms with Gasteiger partial charge in [0.15, 0.2) is 0 Å². The molecule has 0 heterocycles. The van der Waals surface area contributed by atoms with E-state index in [9.17, 15) is 4.79 Å². The molecular weight excluding hydrogens is 262 g/mol. The first-order valence-corrected chi connectivity index (χ1v) is 7.61. The highest BCUT2D eigenvalue weighted by atomic mass is 16.3. The van der Waals surface area contributed by atoms with Crippen LogP contribution in [0.2, 0.25) is 0 Å². The summed E-state index contributed by atoms with van der Waals surface area (Å²) in [6.07, 6.45) is 4.71. The second-order valence-corrected chi connectivity index (χ2v) is 6.03. The molecule has 0 saturated heterocycles. The number of hydrogen-bond acceptors (Lipinski definition) is 2. The van der Waals surface area contributed by atoms with E-state index >= 15 is 0 Å². The van der Waals surface area contributed by atoms with E-state index in [1.807, 2.05) is 32.1 Å². The van der Waals surface area contributed by atoms with Crippen molar-refractivity contribution < 1.29 is 9.90 Å². The number of benzene rings is 1. The second-order valence-electron chi connectivity index (χ2n) is 6.03. The number of carbonyl (C=O) groups excluding carboxylic acids is 1. The van der Waals surface area contributed by atoms with Gasteiger partial charge in [0.2, 0.25) is 5.91 Å². The van der Waals surface area contributed by atoms with E-state index in [1.165, 1.54) is 5.56 Å². The summed E-state index contributed by atoms with van der Waals surface area (Å²) in [4.78, 5) is 12.0. The van der Waals surface area contributed by atoms with Crippen LogP contribution in [-0.4, -0.2) is 23.2 Å². The predicted octanol–water partition coefficient (Wildman–Crippen LogP) is 3.49. The highest BCUT2D eigenvalue weighted by Crippen LogP contribution is 2.16. The maximum absolute atomic E-state index is 12.0. The Hall–Kier alpha value is -1.61. The van der Waals surface area contributed by atoms with Crippen LogP contribution in [0, 0.1) is 0 Å². The van der Waals surface area contributed by atoms with Gasteiger partial charge in [0.1, 0.15) is 0 Å². The third kappa shape index (κ3) is 5.72. The maximum Gasteiger partial charge on any atom is 0.244 e. The fraction of sp³-hybridized carbons (Fsp3) is 0.500. The van der Waals surface area contributed by atoms with E-state index in [0.717, 1.165) is 12.0 Å². The van der Waals surface area contributed by atoms with E-state index in [1.54, 1.807) is 6.08 Å². The van der Waals surface area contributed by atoms with Crippen LogP contribution in [0.25, 0.3) is 6.08 Å². The SMILES string of the molecule is CCC(C)(CCO)NC(=O)/C=C/c1ccc(C(C)C)cc1. The smallest absolute Gasteiger partial charge is 0.244 e. The molecule has 1 aromatic rings. The molecule has 0 spiro atoms. The minimum atomic E-state index is -0.350. The molecule has 1 atom stereocenters. The lowest BCUT2D eigenvalue weighted by Gasteiger charge is -2.28. The third-order valence-corrected chi connectivity index (χ3v) is 3.90. The molecule has 1 amide bonds. The summed E-state index contributed by atoms with van der Waals surface area (Å²) >= 11 is 0. The van der Waals surface area contributed by atoms with Gasteiger partial charge in [-0.1, -0.05) is 45.0 Å². The van der Waals surface area contributed by atoms with E-state index < -0.39 is 0 Å². The average molecular weight is 289 g/mol. The van der Waals surface area contributed by atoms with Gasteiger partial charge in [-0.3, -0.25) is 4.79 Å². The van der Waals surface area contributed by atoms with Crippen LogP contribution >= 0.6 is 0 Å². The summed E-state index contributed by atoms with van der Waals surface area (Å²) in [5.74, 6) is 0.385.